The van der Waals surface area contributed by atoms with Crippen molar-refractivity contribution in [3.8, 4) is 5.75 Å². The van der Waals surface area contributed by atoms with Gasteiger partial charge in [-0.3, -0.25) is 4.79 Å². The van der Waals surface area contributed by atoms with Gasteiger partial charge in [-0.1, -0.05) is 12.1 Å². The molecule has 0 aliphatic heterocycles. The first kappa shape index (κ1) is 16.0. The summed E-state index contributed by atoms with van der Waals surface area (Å²) in [5.41, 5.74) is 1.36. The Balaban J connectivity index is 1.99. The summed E-state index contributed by atoms with van der Waals surface area (Å²) in [6.45, 7) is 0.386. The summed E-state index contributed by atoms with van der Waals surface area (Å²) in [6.07, 6.45) is 1.13. The molecular formula is C16H17NO4S. The van der Waals surface area contributed by atoms with E-state index >= 15 is 0 Å². The number of carbonyl (C=O) groups is 1. The zero-order valence-electron chi connectivity index (χ0n) is 12.4. The van der Waals surface area contributed by atoms with E-state index in [2.05, 4.69) is 5.32 Å². The molecule has 2 aromatic rings. The van der Waals surface area contributed by atoms with Crippen LogP contribution in [-0.4, -0.2) is 27.7 Å². The summed E-state index contributed by atoms with van der Waals surface area (Å²) in [4.78, 5) is 12.2. The van der Waals surface area contributed by atoms with Gasteiger partial charge in [0.25, 0.3) is 5.91 Å². The number of carbonyl (C=O) groups excluding carboxylic acids is 1. The maximum Gasteiger partial charge on any atom is 0.251 e. The molecule has 0 saturated carbocycles. The first-order valence-corrected chi connectivity index (χ1v) is 8.50. The van der Waals surface area contributed by atoms with E-state index in [1.165, 1.54) is 24.3 Å². The molecule has 0 fully saturated rings. The first-order chi connectivity index (χ1) is 10.4. The van der Waals surface area contributed by atoms with Crippen molar-refractivity contribution < 1.29 is 17.9 Å². The zero-order valence-corrected chi connectivity index (χ0v) is 13.2. The van der Waals surface area contributed by atoms with Gasteiger partial charge in [0, 0.05) is 18.4 Å². The smallest absolute Gasteiger partial charge is 0.251 e. The highest BCUT2D eigenvalue weighted by atomic mass is 32.2. The van der Waals surface area contributed by atoms with Crippen LogP contribution in [0.1, 0.15) is 15.9 Å². The normalized spacial score (nSPS) is 11.0. The van der Waals surface area contributed by atoms with Gasteiger partial charge in [0.1, 0.15) is 5.75 Å². The Bertz CT molecular complexity index is 750. The first-order valence-electron chi connectivity index (χ1n) is 6.61. The molecule has 22 heavy (non-hydrogen) atoms. The van der Waals surface area contributed by atoms with Gasteiger partial charge < -0.3 is 10.1 Å². The molecular weight excluding hydrogens is 302 g/mol. The van der Waals surface area contributed by atoms with E-state index in [1.807, 2.05) is 24.3 Å². The molecule has 1 amide bonds. The molecule has 0 radical (unpaired) electrons. The molecule has 2 aromatic carbocycles. The molecule has 0 atom stereocenters. The standard InChI is InChI=1S/C16H17NO4S/c1-21-14-7-3-12(4-8-14)11-17-16(18)13-5-9-15(10-6-13)22(2,19)20/h3-10H,11H2,1-2H3,(H,17,18). The van der Waals surface area contributed by atoms with Crippen LogP contribution in [0.4, 0.5) is 0 Å². The molecule has 0 spiro atoms. The number of methoxy groups -OCH3 is 1. The SMILES string of the molecule is COc1ccc(CNC(=O)c2ccc(S(C)(=O)=O)cc2)cc1. The molecule has 0 heterocycles. The third-order valence-corrected chi connectivity index (χ3v) is 4.29. The Hall–Kier alpha value is -2.34. The molecule has 0 aliphatic carbocycles. The second kappa shape index (κ2) is 6.62. The summed E-state index contributed by atoms with van der Waals surface area (Å²) >= 11 is 0. The highest BCUT2D eigenvalue weighted by molar-refractivity contribution is 7.90. The largest absolute Gasteiger partial charge is 0.497 e. The number of hydrogen-bond acceptors (Lipinski definition) is 4. The second-order valence-electron chi connectivity index (χ2n) is 4.83. The lowest BCUT2D eigenvalue weighted by atomic mass is 10.2. The number of ether oxygens (including phenoxy) is 1. The van der Waals surface area contributed by atoms with Crippen LogP contribution in [0.15, 0.2) is 53.4 Å². The zero-order chi connectivity index (χ0) is 16.2. The van der Waals surface area contributed by atoms with E-state index < -0.39 is 9.84 Å². The van der Waals surface area contributed by atoms with Gasteiger partial charge in [0.05, 0.1) is 12.0 Å². The second-order valence-corrected chi connectivity index (χ2v) is 6.84. The van der Waals surface area contributed by atoms with E-state index in [1.54, 1.807) is 7.11 Å². The predicted octanol–water partition coefficient (Wildman–Crippen LogP) is 2.03. The van der Waals surface area contributed by atoms with Crippen LogP contribution in [0.5, 0.6) is 5.75 Å². The number of sulfone groups is 1. The topological polar surface area (TPSA) is 72.5 Å². The van der Waals surface area contributed by atoms with E-state index in [0.717, 1.165) is 17.6 Å². The van der Waals surface area contributed by atoms with Crippen molar-refractivity contribution in [1.82, 2.24) is 5.32 Å². The van der Waals surface area contributed by atoms with Gasteiger partial charge >= 0.3 is 0 Å². The number of rotatable bonds is 5. The van der Waals surface area contributed by atoms with Crippen molar-refractivity contribution in [1.29, 1.82) is 0 Å². The van der Waals surface area contributed by atoms with Gasteiger partial charge in [-0.2, -0.15) is 0 Å². The molecule has 1 N–H and O–H groups in total. The van der Waals surface area contributed by atoms with Gasteiger partial charge in [-0.25, -0.2) is 8.42 Å². The summed E-state index contributed by atoms with van der Waals surface area (Å²) in [6, 6.07) is 13.2. The molecule has 6 heteroatoms. The minimum absolute atomic E-state index is 0.194. The van der Waals surface area contributed by atoms with Crippen LogP contribution in [0.2, 0.25) is 0 Å². The van der Waals surface area contributed by atoms with Gasteiger partial charge in [-0.15, -0.1) is 0 Å². The fourth-order valence-electron chi connectivity index (χ4n) is 1.88. The molecule has 0 unspecified atom stereocenters. The summed E-state index contributed by atoms with van der Waals surface area (Å²) in [7, 11) is -1.66. The number of benzene rings is 2. The average molecular weight is 319 g/mol. The van der Waals surface area contributed by atoms with Gasteiger partial charge in [-0.05, 0) is 42.0 Å². The van der Waals surface area contributed by atoms with Crippen molar-refractivity contribution in [2.75, 3.05) is 13.4 Å². The molecule has 0 saturated heterocycles. The third kappa shape index (κ3) is 4.08. The van der Waals surface area contributed by atoms with Crippen molar-refractivity contribution in [2.45, 2.75) is 11.4 Å². The van der Waals surface area contributed by atoms with Crippen LogP contribution in [0, 0.1) is 0 Å². The van der Waals surface area contributed by atoms with Gasteiger partial charge in [0.2, 0.25) is 0 Å². The number of nitrogens with one attached hydrogen (secondary N) is 1. The van der Waals surface area contributed by atoms with Gasteiger partial charge in [0.15, 0.2) is 9.84 Å². The van der Waals surface area contributed by atoms with Crippen LogP contribution in [-0.2, 0) is 16.4 Å². The van der Waals surface area contributed by atoms with Crippen molar-refractivity contribution in [3.63, 3.8) is 0 Å². The lowest BCUT2D eigenvalue weighted by molar-refractivity contribution is 0.0951. The molecule has 0 bridgehead atoms. The Morgan fingerprint density at radius 2 is 1.64 bits per heavy atom. The van der Waals surface area contributed by atoms with E-state index in [4.69, 9.17) is 4.74 Å². The van der Waals surface area contributed by atoms with Crippen molar-refractivity contribution >= 4 is 15.7 Å². The maximum atomic E-state index is 12.0. The fraction of sp³-hybridized carbons (Fsp3) is 0.188. The Morgan fingerprint density at radius 3 is 2.14 bits per heavy atom. The molecule has 5 nitrogen and oxygen atoms in total. The number of amides is 1. The Labute approximate surface area is 129 Å². The monoisotopic (exact) mass is 319 g/mol. The summed E-state index contributed by atoms with van der Waals surface area (Å²) in [5, 5.41) is 2.78. The van der Waals surface area contributed by atoms with E-state index in [9.17, 15) is 13.2 Å². The van der Waals surface area contributed by atoms with Crippen LogP contribution < -0.4 is 10.1 Å². The minimum atomic E-state index is -3.25. The molecule has 0 aromatic heterocycles. The van der Waals surface area contributed by atoms with Crippen molar-refractivity contribution in [2.24, 2.45) is 0 Å². The van der Waals surface area contributed by atoms with Crippen LogP contribution in [0.25, 0.3) is 0 Å². The summed E-state index contributed by atoms with van der Waals surface area (Å²) in [5.74, 6) is 0.502. The van der Waals surface area contributed by atoms with E-state index in [0.29, 0.717) is 12.1 Å². The Kier molecular flexibility index (Phi) is 4.82. The van der Waals surface area contributed by atoms with Crippen molar-refractivity contribution in [3.05, 3.63) is 59.7 Å². The van der Waals surface area contributed by atoms with Crippen LogP contribution >= 0.6 is 0 Å². The fourth-order valence-corrected chi connectivity index (χ4v) is 2.51. The number of hydrogen-bond donors (Lipinski definition) is 1. The lowest BCUT2D eigenvalue weighted by Gasteiger charge is -2.07. The quantitative estimate of drug-likeness (QED) is 0.915. The highest BCUT2D eigenvalue weighted by Crippen LogP contribution is 2.12. The predicted molar refractivity (Wildman–Crippen MR) is 83.7 cm³/mol. The maximum absolute atomic E-state index is 12.0. The molecule has 0 aliphatic rings. The van der Waals surface area contributed by atoms with E-state index in [-0.39, 0.29) is 10.8 Å². The Morgan fingerprint density at radius 1 is 1.05 bits per heavy atom. The summed E-state index contributed by atoms with van der Waals surface area (Å²) < 4.78 is 27.8. The molecule has 116 valence electrons. The van der Waals surface area contributed by atoms with Crippen LogP contribution in [0.3, 0.4) is 0 Å². The highest BCUT2D eigenvalue weighted by Gasteiger charge is 2.09. The minimum Gasteiger partial charge on any atom is -0.497 e. The lowest BCUT2D eigenvalue weighted by Crippen LogP contribution is -2.22. The average Bonchev–Trinajstić information content (AvgIpc) is 2.52. The third-order valence-electron chi connectivity index (χ3n) is 3.16. The molecule has 2 rings (SSSR count).